The van der Waals surface area contributed by atoms with Gasteiger partial charge in [-0.3, -0.25) is 0 Å². The van der Waals surface area contributed by atoms with Gasteiger partial charge in [-0.15, -0.1) is 0 Å². The zero-order valence-electron chi connectivity index (χ0n) is 28.8. The topological polar surface area (TPSA) is 12.5 Å². The Morgan fingerprint density at radius 1 is 0.380 bits per heavy atom. The zero-order valence-corrected chi connectivity index (χ0v) is 28.8. The van der Waals surface area contributed by atoms with Gasteiger partial charge in [0, 0.05) is 22.0 Å². The van der Waals surface area contributed by atoms with E-state index in [1.165, 1.54) is 66.8 Å². The van der Waals surface area contributed by atoms with Crippen LogP contribution in [0.4, 0.5) is 17.1 Å². The van der Waals surface area contributed by atoms with Crippen LogP contribution in [0.15, 0.2) is 152 Å². The number of benzene rings is 7. The molecule has 1 heterocycles. The number of anilines is 3. The van der Waals surface area contributed by atoms with Crippen LogP contribution >= 0.6 is 0 Å². The molecule has 50 heavy (non-hydrogen) atoms. The second-order valence-corrected chi connectivity index (χ2v) is 14.9. The lowest BCUT2D eigenvalue weighted by Gasteiger charge is -2.37. The molecule has 0 radical (unpaired) electrons. The summed E-state index contributed by atoms with van der Waals surface area (Å²) in [5.74, 6) is 1.76. The van der Waals surface area contributed by atoms with E-state index in [9.17, 15) is 0 Å². The molecule has 1 aliphatic heterocycles. The third kappa shape index (κ3) is 3.96. The molecule has 0 fully saturated rings. The first-order chi connectivity index (χ1) is 24.3. The van der Waals surface area contributed by atoms with Crippen LogP contribution in [-0.4, -0.2) is 0 Å². The molecule has 10 rings (SSSR count). The number of rotatable bonds is 3. The smallest absolute Gasteiger partial charge is 0.151 e. The van der Waals surface area contributed by atoms with Gasteiger partial charge in [0.05, 0.1) is 17.1 Å². The maximum atomic E-state index is 7.11. The zero-order chi connectivity index (χ0) is 33.8. The van der Waals surface area contributed by atoms with E-state index < -0.39 is 0 Å². The number of fused-ring (bicyclic) bond motifs is 8. The minimum atomic E-state index is -0.145. The molecule has 0 amide bonds. The van der Waals surface area contributed by atoms with Gasteiger partial charge < -0.3 is 9.64 Å². The summed E-state index contributed by atoms with van der Waals surface area (Å²) < 4.78 is 7.11. The predicted molar refractivity (Wildman–Crippen MR) is 207 cm³/mol. The van der Waals surface area contributed by atoms with Crippen molar-refractivity contribution in [3.05, 3.63) is 174 Å². The molecule has 0 N–H and O–H groups in total. The second kappa shape index (κ2) is 10.3. The number of ether oxygens (including phenoxy) is 1. The molecule has 7 aromatic carbocycles. The Hall–Kier alpha value is -5.86. The van der Waals surface area contributed by atoms with E-state index in [1.807, 2.05) is 0 Å². The number of para-hydroxylation sites is 1. The van der Waals surface area contributed by atoms with Crippen LogP contribution in [0, 0.1) is 0 Å². The molecule has 3 aliphatic rings. The van der Waals surface area contributed by atoms with Crippen LogP contribution in [-0.2, 0) is 10.8 Å². The van der Waals surface area contributed by atoms with Gasteiger partial charge in [0.25, 0.3) is 0 Å². The third-order valence-electron chi connectivity index (χ3n) is 11.5. The Morgan fingerprint density at radius 2 is 0.780 bits per heavy atom. The molecule has 0 atom stereocenters. The third-order valence-corrected chi connectivity index (χ3v) is 11.5. The molecule has 0 spiro atoms. The van der Waals surface area contributed by atoms with Crippen molar-refractivity contribution in [3.63, 3.8) is 0 Å². The van der Waals surface area contributed by atoms with E-state index in [-0.39, 0.29) is 10.8 Å². The Bertz CT molecular complexity index is 2340. The summed E-state index contributed by atoms with van der Waals surface area (Å²) in [6.07, 6.45) is 0. The maximum absolute atomic E-state index is 7.11. The van der Waals surface area contributed by atoms with Crippen LogP contribution in [0.2, 0.25) is 0 Å². The van der Waals surface area contributed by atoms with Gasteiger partial charge in [0.15, 0.2) is 11.5 Å². The van der Waals surface area contributed by atoms with Gasteiger partial charge in [-0.1, -0.05) is 155 Å². The minimum Gasteiger partial charge on any atom is -0.453 e. The lowest BCUT2D eigenvalue weighted by Crippen LogP contribution is -2.20. The summed E-state index contributed by atoms with van der Waals surface area (Å²) >= 11 is 0. The first-order valence-electron chi connectivity index (χ1n) is 17.6. The number of hydrogen-bond acceptors (Lipinski definition) is 2. The molecule has 0 bridgehead atoms. The van der Waals surface area contributed by atoms with Crippen LogP contribution in [0.3, 0.4) is 0 Å². The quantitative estimate of drug-likeness (QED) is 0.190. The molecular weight excluding hydrogens is 607 g/mol. The average Bonchev–Trinajstić information content (AvgIpc) is 3.51. The molecule has 2 nitrogen and oxygen atoms in total. The van der Waals surface area contributed by atoms with Gasteiger partial charge in [-0.2, -0.15) is 0 Å². The van der Waals surface area contributed by atoms with Crippen molar-refractivity contribution in [2.24, 2.45) is 0 Å². The van der Waals surface area contributed by atoms with Crippen LogP contribution in [0.25, 0.3) is 44.5 Å². The summed E-state index contributed by atoms with van der Waals surface area (Å²) in [7, 11) is 0. The standard InChI is InChI=1S/C48H37NO/c1-47(2)38-24-13-11-20-34(38)36-26-42-44(28-40(36)47)50-45-29-41-37(35-21-12-14-25-39(35)48(41,3)4)27-43(45)49(42)46-32(30-16-7-5-8-17-30)22-15-23-33(46)31-18-9-6-10-19-31/h5-29H,1-4H3. The van der Waals surface area contributed by atoms with Gasteiger partial charge in [-0.25, -0.2) is 0 Å². The van der Waals surface area contributed by atoms with E-state index in [4.69, 9.17) is 4.74 Å². The largest absolute Gasteiger partial charge is 0.453 e. The van der Waals surface area contributed by atoms with Gasteiger partial charge in [0.1, 0.15) is 0 Å². The minimum absolute atomic E-state index is 0.145. The molecule has 7 aromatic rings. The van der Waals surface area contributed by atoms with Crippen molar-refractivity contribution in [1.29, 1.82) is 0 Å². The first-order valence-corrected chi connectivity index (χ1v) is 17.6. The van der Waals surface area contributed by atoms with Crippen molar-refractivity contribution < 1.29 is 4.74 Å². The Kier molecular flexibility index (Phi) is 6.01. The van der Waals surface area contributed by atoms with Crippen LogP contribution in [0.1, 0.15) is 49.9 Å². The molecule has 0 unspecified atom stereocenters. The lowest BCUT2D eigenvalue weighted by molar-refractivity contribution is 0.473. The highest BCUT2D eigenvalue weighted by atomic mass is 16.5. The van der Waals surface area contributed by atoms with Gasteiger partial charge in [0.2, 0.25) is 0 Å². The molecule has 240 valence electrons. The molecule has 0 aromatic heterocycles. The Morgan fingerprint density at radius 3 is 1.24 bits per heavy atom. The van der Waals surface area contributed by atoms with Crippen LogP contribution in [0.5, 0.6) is 11.5 Å². The summed E-state index contributed by atoms with van der Waals surface area (Å²) in [4.78, 5) is 2.50. The van der Waals surface area contributed by atoms with E-state index in [0.717, 1.165) is 28.6 Å². The molecule has 0 saturated carbocycles. The fourth-order valence-electron chi connectivity index (χ4n) is 8.92. The fourth-order valence-corrected chi connectivity index (χ4v) is 8.92. The van der Waals surface area contributed by atoms with Crippen molar-refractivity contribution in [2.45, 2.75) is 38.5 Å². The summed E-state index contributed by atoms with van der Waals surface area (Å²) in [5.41, 5.74) is 18.1. The predicted octanol–water partition coefficient (Wildman–Crippen LogP) is 13.2. The highest BCUT2D eigenvalue weighted by Gasteiger charge is 2.41. The molecule has 2 heteroatoms. The normalized spacial score (nSPS) is 15.2. The molecule has 2 aliphatic carbocycles. The lowest BCUT2D eigenvalue weighted by atomic mass is 9.82. The molecule has 0 saturated heterocycles. The van der Waals surface area contributed by atoms with Crippen molar-refractivity contribution in [2.75, 3.05) is 4.90 Å². The SMILES string of the molecule is CC1(C)c2ccccc2-c2cc3c(cc21)Oc1cc2c(cc1N3c1c(-c3ccccc3)cccc1-c1ccccc1)-c1ccccc1C2(C)C. The first kappa shape index (κ1) is 29.1. The monoisotopic (exact) mass is 643 g/mol. The van der Waals surface area contributed by atoms with E-state index in [0.29, 0.717) is 0 Å². The highest BCUT2D eigenvalue weighted by molar-refractivity contribution is 6.03. The van der Waals surface area contributed by atoms with E-state index in [2.05, 4.69) is 184 Å². The summed E-state index contributed by atoms with van der Waals surface area (Å²) in [6, 6.07) is 55.5. The van der Waals surface area contributed by atoms with Gasteiger partial charge >= 0.3 is 0 Å². The van der Waals surface area contributed by atoms with Crippen molar-refractivity contribution >= 4 is 17.1 Å². The second-order valence-electron chi connectivity index (χ2n) is 14.9. The van der Waals surface area contributed by atoms with Crippen molar-refractivity contribution in [3.8, 4) is 56.0 Å². The Labute approximate surface area is 294 Å². The molecular formula is C48H37NO. The average molecular weight is 644 g/mol. The Balaban J connectivity index is 1.32. The van der Waals surface area contributed by atoms with E-state index >= 15 is 0 Å². The highest BCUT2D eigenvalue weighted by Crippen LogP contribution is 2.61. The van der Waals surface area contributed by atoms with E-state index in [1.54, 1.807) is 0 Å². The summed E-state index contributed by atoms with van der Waals surface area (Å²) in [5, 5.41) is 0. The number of nitrogens with zero attached hydrogens (tertiary/aromatic N) is 1. The maximum Gasteiger partial charge on any atom is 0.151 e. The summed E-state index contributed by atoms with van der Waals surface area (Å²) in [6.45, 7) is 9.35. The number of hydrogen-bond donors (Lipinski definition) is 0. The van der Waals surface area contributed by atoms with Gasteiger partial charge in [-0.05, 0) is 79.9 Å². The van der Waals surface area contributed by atoms with Crippen LogP contribution < -0.4 is 9.64 Å². The fraction of sp³-hybridized carbons (Fsp3) is 0.125. The van der Waals surface area contributed by atoms with Crippen molar-refractivity contribution in [1.82, 2.24) is 0 Å².